The molecule has 1 fully saturated rings. The van der Waals surface area contributed by atoms with E-state index in [1.54, 1.807) is 13.8 Å². The van der Waals surface area contributed by atoms with Crippen molar-refractivity contribution in [1.82, 2.24) is 15.2 Å². The molecule has 3 heterocycles. The summed E-state index contributed by atoms with van der Waals surface area (Å²) in [6.45, 7) is 7.12. The Balaban J connectivity index is 1.64. The number of ether oxygens (including phenoxy) is 1. The van der Waals surface area contributed by atoms with Gasteiger partial charge in [0, 0.05) is 13.1 Å². The number of amides is 1. The van der Waals surface area contributed by atoms with E-state index in [-0.39, 0.29) is 11.8 Å². The summed E-state index contributed by atoms with van der Waals surface area (Å²) in [6, 6.07) is 3.85. The van der Waals surface area contributed by atoms with Crippen molar-refractivity contribution in [2.24, 2.45) is 5.92 Å². The molecule has 9 heteroatoms. The van der Waals surface area contributed by atoms with E-state index in [4.69, 9.17) is 4.74 Å². The van der Waals surface area contributed by atoms with Gasteiger partial charge in [0.1, 0.15) is 4.88 Å². The normalized spacial score (nSPS) is 16.9. The Bertz CT molecular complexity index is 821. The zero-order valence-corrected chi connectivity index (χ0v) is 16.5. The Morgan fingerprint density at radius 1 is 1.33 bits per heavy atom. The van der Waals surface area contributed by atoms with E-state index in [9.17, 15) is 9.59 Å². The van der Waals surface area contributed by atoms with Crippen molar-refractivity contribution in [2.75, 3.05) is 29.9 Å². The van der Waals surface area contributed by atoms with Crippen molar-refractivity contribution in [1.29, 1.82) is 0 Å². The van der Waals surface area contributed by atoms with E-state index in [1.165, 1.54) is 0 Å². The highest BCUT2D eigenvalue weighted by Gasteiger charge is 2.28. The van der Waals surface area contributed by atoms with Crippen molar-refractivity contribution in [3.05, 3.63) is 28.4 Å². The molecule has 0 bridgehead atoms. The van der Waals surface area contributed by atoms with Crippen molar-refractivity contribution in [3.63, 3.8) is 0 Å². The highest BCUT2D eigenvalue weighted by atomic mass is 32.1. The molecule has 27 heavy (non-hydrogen) atoms. The molecular weight excluding hydrogens is 366 g/mol. The van der Waals surface area contributed by atoms with Crippen molar-refractivity contribution < 1.29 is 14.3 Å². The molecule has 0 aliphatic carbocycles. The number of piperidine rings is 1. The van der Waals surface area contributed by atoms with Gasteiger partial charge in [0.25, 0.3) is 0 Å². The molecule has 1 N–H and O–H groups in total. The second kappa shape index (κ2) is 8.43. The summed E-state index contributed by atoms with van der Waals surface area (Å²) in [6.07, 6.45) is 1.70. The number of hydrogen-bond donors (Lipinski definition) is 1. The molecule has 1 atom stereocenters. The van der Waals surface area contributed by atoms with Gasteiger partial charge in [-0.3, -0.25) is 4.79 Å². The number of rotatable bonds is 5. The third kappa shape index (κ3) is 4.60. The Labute approximate surface area is 162 Å². The summed E-state index contributed by atoms with van der Waals surface area (Å²) in [5.74, 6) is 0.114. The van der Waals surface area contributed by atoms with Gasteiger partial charge in [-0.2, -0.15) is 5.10 Å². The third-order valence-corrected chi connectivity index (χ3v) is 5.44. The van der Waals surface area contributed by atoms with Crippen LogP contribution in [0.15, 0.2) is 12.1 Å². The molecule has 8 nitrogen and oxygen atoms in total. The summed E-state index contributed by atoms with van der Waals surface area (Å²) in [4.78, 5) is 31.4. The van der Waals surface area contributed by atoms with Crippen LogP contribution in [0.4, 0.5) is 10.9 Å². The topological polar surface area (TPSA) is 97.3 Å². The van der Waals surface area contributed by atoms with E-state index < -0.39 is 5.97 Å². The van der Waals surface area contributed by atoms with Gasteiger partial charge in [-0.05, 0) is 45.7 Å². The maximum absolute atomic E-state index is 12.7. The van der Waals surface area contributed by atoms with E-state index in [1.807, 2.05) is 19.1 Å². The fourth-order valence-corrected chi connectivity index (χ4v) is 3.87. The third-order valence-electron chi connectivity index (χ3n) is 4.39. The first-order valence-electron chi connectivity index (χ1n) is 8.98. The van der Waals surface area contributed by atoms with Gasteiger partial charge in [0.2, 0.25) is 5.91 Å². The molecule has 0 spiro atoms. The predicted molar refractivity (Wildman–Crippen MR) is 103 cm³/mol. The highest BCUT2D eigenvalue weighted by Crippen LogP contribution is 2.26. The molecule has 1 amide bonds. The SMILES string of the molecule is CCOC(=O)c1sc(NC(=O)C2CCCN(c3ccc(C)nn3)C2)nc1C. The van der Waals surface area contributed by atoms with Crippen molar-refractivity contribution in [2.45, 2.75) is 33.6 Å². The van der Waals surface area contributed by atoms with Crippen LogP contribution in [0.2, 0.25) is 0 Å². The number of thiazole rings is 1. The average Bonchev–Trinajstić information content (AvgIpc) is 3.03. The number of aryl methyl sites for hydroxylation is 2. The fourth-order valence-electron chi connectivity index (χ4n) is 3.00. The maximum Gasteiger partial charge on any atom is 0.350 e. The highest BCUT2D eigenvalue weighted by molar-refractivity contribution is 7.17. The van der Waals surface area contributed by atoms with Gasteiger partial charge >= 0.3 is 5.97 Å². The molecule has 0 radical (unpaired) electrons. The quantitative estimate of drug-likeness (QED) is 0.785. The minimum Gasteiger partial charge on any atom is -0.462 e. The predicted octanol–water partition coefficient (Wildman–Crippen LogP) is 2.58. The smallest absolute Gasteiger partial charge is 0.350 e. The standard InChI is InChI=1S/C18H23N5O3S/c1-4-26-17(25)15-12(3)19-18(27-15)20-16(24)13-6-5-9-23(10-13)14-8-7-11(2)21-22-14/h7-8,13H,4-6,9-10H2,1-3H3,(H,19,20,24). The maximum atomic E-state index is 12.7. The number of aromatic nitrogens is 3. The zero-order chi connectivity index (χ0) is 19.4. The molecule has 1 saturated heterocycles. The van der Waals surface area contributed by atoms with Crippen LogP contribution in [0.5, 0.6) is 0 Å². The average molecular weight is 389 g/mol. The van der Waals surface area contributed by atoms with E-state index in [2.05, 4.69) is 25.4 Å². The molecule has 3 rings (SSSR count). The second-order valence-electron chi connectivity index (χ2n) is 6.46. The summed E-state index contributed by atoms with van der Waals surface area (Å²) in [5.41, 5.74) is 1.43. The first-order chi connectivity index (χ1) is 13.0. The first-order valence-corrected chi connectivity index (χ1v) is 9.80. The number of carbonyl (C=O) groups excluding carboxylic acids is 2. The van der Waals surface area contributed by atoms with Crippen LogP contribution in [0, 0.1) is 19.8 Å². The first kappa shape index (κ1) is 19.2. The van der Waals surface area contributed by atoms with Gasteiger partial charge in [-0.25, -0.2) is 9.78 Å². The van der Waals surface area contributed by atoms with Crippen molar-refractivity contribution in [3.8, 4) is 0 Å². The number of nitrogens with one attached hydrogen (secondary N) is 1. The molecule has 0 saturated carbocycles. The lowest BCUT2D eigenvalue weighted by atomic mass is 9.97. The number of esters is 1. The number of carbonyl (C=O) groups is 2. The summed E-state index contributed by atoms with van der Waals surface area (Å²) in [7, 11) is 0. The largest absolute Gasteiger partial charge is 0.462 e. The Morgan fingerprint density at radius 3 is 2.85 bits per heavy atom. The Kier molecular flexibility index (Phi) is 6.00. The van der Waals surface area contributed by atoms with Gasteiger partial charge in [0.05, 0.1) is 23.9 Å². The number of hydrogen-bond acceptors (Lipinski definition) is 8. The van der Waals surface area contributed by atoms with Crippen LogP contribution in [-0.4, -0.2) is 46.8 Å². The van der Waals surface area contributed by atoms with Crippen LogP contribution in [0.1, 0.15) is 40.8 Å². The van der Waals surface area contributed by atoms with Gasteiger partial charge in [0.15, 0.2) is 10.9 Å². The van der Waals surface area contributed by atoms with Gasteiger partial charge in [-0.1, -0.05) is 11.3 Å². The molecule has 2 aromatic rings. The van der Waals surface area contributed by atoms with Crippen LogP contribution >= 0.6 is 11.3 Å². The molecule has 1 unspecified atom stereocenters. The van der Waals surface area contributed by atoms with Gasteiger partial charge < -0.3 is 15.0 Å². The summed E-state index contributed by atoms with van der Waals surface area (Å²) in [5, 5.41) is 11.6. The monoisotopic (exact) mass is 389 g/mol. The summed E-state index contributed by atoms with van der Waals surface area (Å²) < 4.78 is 5.01. The van der Waals surface area contributed by atoms with Crippen LogP contribution < -0.4 is 10.2 Å². The van der Waals surface area contributed by atoms with Gasteiger partial charge in [-0.15, -0.1) is 5.10 Å². The van der Waals surface area contributed by atoms with Crippen LogP contribution in [-0.2, 0) is 9.53 Å². The molecule has 144 valence electrons. The minimum atomic E-state index is -0.408. The second-order valence-corrected chi connectivity index (χ2v) is 7.46. The minimum absolute atomic E-state index is 0.0936. The fraction of sp³-hybridized carbons (Fsp3) is 0.500. The van der Waals surface area contributed by atoms with Crippen LogP contribution in [0.25, 0.3) is 0 Å². The zero-order valence-electron chi connectivity index (χ0n) is 15.7. The number of anilines is 2. The van der Waals surface area contributed by atoms with E-state index >= 15 is 0 Å². The lowest BCUT2D eigenvalue weighted by Gasteiger charge is -2.32. The molecule has 1 aliphatic rings. The number of nitrogens with zero attached hydrogens (tertiary/aromatic N) is 4. The Hall–Kier alpha value is -2.55. The molecule has 1 aliphatic heterocycles. The lowest BCUT2D eigenvalue weighted by Crippen LogP contribution is -2.41. The van der Waals surface area contributed by atoms with E-state index in [0.717, 1.165) is 42.2 Å². The lowest BCUT2D eigenvalue weighted by molar-refractivity contribution is -0.120. The Morgan fingerprint density at radius 2 is 2.15 bits per heavy atom. The van der Waals surface area contributed by atoms with E-state index in [0.29, 0.717) is 28.9 Å². The molecule has 2 aromatic heterocycles. The van der Waals surface area contributed by atoms with Crippen LogP contribution in [0.3, 0.4) is 0 Å². The molecular formula is C18H23N5O3S. The summed E-state index contributed by atoms with van der Waals surface area (Å²) >= 11 is 1.15. The van der Waals surface area contributed by atoms with Crippen molar-refractivity contribution >= 4 is 34.2 Å². The molecule has 0 aromatic carbocycles.